The molecule has 27 heavy (non-hydrogen) atoms. The van der Waals surface area contributed by atoms with E-state index in [1.54, 1.807) is 24.0 Å². The number of hydrogen-bond acceptors (Lipinski definition) is 3. The van der Waals surface area contributed by atoms with Crippen molar-refractivity contribution in [3.63, 3.8) is 0 Å². The van der Waals surface area contributed by atoms with Crippen LogP contribution in [0.3, 0.4) is 0 Å². The van der Waals surface area contributed by atoms with Crippen molar-refractivity contribution in [1.29, 1.82) is 0 Å². The standard InChI is InChI=1S/C18H16F3N3O3/c1-12-10-13(2-7-16(12)24(26)27)11-22-8-9-23(17(22)25)15-5-3-14(4-6-15)18(19,20)21/h2-7,10H,8-9,11H2,1H3. The molecule has 1 heterocycles. The fourth-order valence-corrected chi connectivity index (χ4v) is 3.04. The molecule has 0 unspecified atom stereocenters. The summed E-state index contributed by atoms with van der Waals surface area (Å²) in [6.45, 7) is 2.67. The summed E-state index contributed by atoms with van der Waals surface area (Å²) in [6, 6.07) is 8.80. The average molecular weight is 379 g/mol. The predicted molar refractivity (Wildman–Crippen MR) is 92.4 cm³/mol. The number of nitro groups is 1. The van der Waals surface area contributed by atoms with E-state index >= 15 is 0 Å². The number of nitro benzene ring substituents is 1. The maximum absolute atomic E-state index is 12.7. The zero-order valence-corrected chi connectivity index (χ0v) is 14.4. The Balaban J connectivity index is 1.72. The second-order valence-corrected chi connectivity index (χ2v) is 6.28. The van der Waals surface area contributed by atoms with Crippen LogP contribution in [-0.2, 0) is 12.7 Å². The fourth-order valence-electron chi connectivity index (χ4n) is 3.04. The highest BCUT2D eigenvalue weighted by atomic mass is 19.4. The van der Waals surface area contributed by atoms with Crippen LogP contribution in [0.5, 0.6) is 0 Å². The zero-order chi connectivity index (χ0) is 19.8. The number of nitrogens with zero attached hydrogens (tertiary/aromatic N) is 3. The van der Waals surface area contributed by atoms with Crippen molar-refractivity contribution in [2.75, 3.05) is 18.0 Å². The minimum Gasteiger partial charge on any atom is -0.318 e. The van der Waals surface area contributed by atoms with Gasteiger partial charge in [0, 0.05) is 37.0 Å². The maximum atomic E-state index is 12.7. The summed E-state index contributed by atoms with van der Waals surface area (Å²) in [7, 11) is 0. The van der Waals surface area contributed by atoms with Gasteiger partial charge in [-0.1, -0.05) is 6.07 Å². The molecule has 0 aromatic heterocycles. The normalized spacial score (nSPS) is 14.7. The number of carbonyl (C=O) groups excluding carboxylic acids is 1. The Labute approximate surface area is 153 Å². The summed E-state index contributed by atoms with van der Waals surface area (Å²) < 4.78 is 38.0. The summed E-state index contributed by atoms with van der Waals surface area (Å²) in [5, 5.41) is 10.9. The van der Waals surface area contributed by atoms with E-state index in [2.05, 4.69) is 0 Å². The molecule has 0 radical (unpaired) electrons. The Morgan fingerprint density at radius 2 is 1.78 bits per heavy atom. The van der Waals surface area contributed by atoms with E-state index in [1.807, 2.05) is 0 Å². The van der Waals surface area contributed by atoms with Gasteiger partial charge >= 0.3 is 12.2 Å². The van der Waals surface area contributed by atoms with E-state index < -0.39 is 16.7 Å². The summed E-state index contributed by atoms with van der Waals surface area (Å²) in [5.41, 5.74) is 0.897. The molecule has 142 valence electrons. The zero-order valence-electron chi connectivity index (χ0n) is 14.4. The van der Waals surface area contributed by atoms with Crippen molar-refractivity contribution in [3.05, 3.63) is 69.3 Å². The predicted octanol–water partition coefficient (Wildman–Crippen LogP) is 4.36. The van der Waals surface area contributed by atoms with Gasteiger partial charge in [-0.15, -0.1) is 0 Å². The number of aryl methyl sites for hydroxylation is 1. The maximum Gasteiger partial charge on any atom is 0.416 e. The Morgan fingerprint density at radius 3 is 2.33 bits per heavy atom. The molecule has 2 amide bonds. The van der Waals surface area contributed by atoms with Crippen LogP contribution in [0.2, 0.25) is 0 Å². The van der Waals surface area contributed by atoms with Gasteiger partial charge in [-0.3, -0.25) is 15.0 Å². The highest BCUT2D eigenvalue weighted by Crippen LogP contribution is 2.31. The lowest BCUT2D eigenvalue weighted by molar-refractivity contribution is -0.385. The van der Waals surface area contributed by atoms with Crippen LogP contribution in [0.15, 0.2) is 42.5 Å². The third-order valence-electron chi connectivity index (χ3n) is 4.43. The van der Waals surface area contributed by atoms with Gasteiger partial charge in [0.15, 0.2) is 0 Å². The summed E-state index contributed by atoms with van der Waals surface area (Å²) in [4.78, 5) is 26.0. The first-order valence-corrected chi connectivity index (χ1v) is 8.14. The molecule has 2 aromatic rings. The van der Waals surface area contributed by atoms with Crippen LogP contribution >= 0.6 is 0 Å². The van der Waals surface area contributed by atoms with Gasteiger partial charge in [-0.05, 0) is 42.8 Å². The topological polar surface area (TPSA) is 66.7 Å². The van der Waals surface area contributed by atoms with Crippen LogP contribution in [0.25, 0.3) is 0 Å². The van der Waals surface area contributed by atoms with Crippen LogP contribution < -0.4 is 4.90 Å². The van der Waals surface area contributed by atoms with E-state index in [0.29, 0.717) is 24.3 Å². The van der Waals surface area contributed by atoms with E-state index in [0.717, 1.165) is 17.7 Å². The third-order valence-corrected chi connectivity index (χ3v) is 4.43. The Hall–Kier alpha value is -3.10. The van der Waals surface area contributed by atoms with Crippen molar-refractivity contribution in [3.8, 4) is 0 Å². The highest BCUT2D eigenvalue weighted by molar-refractivity contribution is 5.94. The molecule has 0 N–H and O–H groups in total. The molecule has 1 aliphatic rings. The monoisotopic (exact) mass is 379 g/mol. The quantitative estimate of drug-likeness (QED) is 0.585. The van der Waals surface area contributed by atoms with Crippen molar-refractivity contribution in [2.24, 2.45) is 0 Å². The minimum atomic E-state index is -4.42. The SMILES string of the molecule is Cc1cc(CN2CCN(c3ccc(C(F)(F)F)cc3)C2=O)ccc1[N+](=O)[O-]. The summed E-state index contributed by atoms with van der Waals surface area (Å²) in [5.74, 6) is 0. The number of alkyl halides is 3. The number of amides is 2. The summed E-state index contributed by atoms with van der Waals surface area (Å²) >= 11 is 0. The van der Waals surface area contributed by atoms with E-state index in [4.69, 9.17) is 0 Å². The summed E-state index contributed by atoms with van der Waals surface area (Å²) in [6.07, 6.45) is -4.42. The first kappa shape index (κ1) is 18.7. The largest absolute Gasteiger partial charge is 0.416 e. The van der Waals surface area contributed by atoms with E-state index in [9.17, 15) is 28.1 Å². The molecule has 0 aliphatic carbocycles. The lowest BCUT2D eigenvalue weighted by Crippen LogP contribution is -2.31. The third kappa shape index (κ3) is 3.86. The number of carbonyl (C=O) groups is 1. The molecule has 0 saturated carbocycles. The number of urea groups is 1. The number of halogens is 3. The Bertz CT molecular complexity index is 882. The number of anilines is 1. The van der Waals surface area contributed by atoms with Crippen molar-refractivity contribution in [2.45, 2.75) is 19.6 Å². The molecule has 9 heteroatoms. The van der Waals surface area contributed by atoms with E-state index in [1.165, 1.54) is 23.1 Å². The van der Waals surface area contributed by atoms with Crippen LogP contribution in [-0.4, -0.2) is 28.9 Å². The molecule has 0 atom stereocenters. The number of benzene rings is 2. The van der Waals surface area contributed by atoms with Gasteiger partial charge in [0.1, 0.15) is 0 Å². The lowest BCUT2D eigenvalue weighted by atomic mass is 10.1. The van der Waals surface area contributed by atoms with Gasteiger partial charge in [0.05, 0.1) is 10.5 Å². The first-order valence-electron chi connectivity index (χ1n) is 8.14. The average Bonchev–Trinajstić information content (AvgIpc) is 2.95. The molecule has 0 spiro atoms. The highest BCUT2D eigenvalue weighted by Gasteiger charge is 2.32. The fraction of sp³-hybridized carbons (Fsp3) is 0.278. The Morgan fingerprint density at radius 1 is 1.11 bits per heavy atom. The van der Waals surface area contributed by atoms with Gasteiger partial charge in [0.25, 0.3) is 5.69 Å². The van der Waals surface area contributed by atoms with Crippen molar-refractivity contribution in [1.82, 2.24) is 4.90 Å². The molecule has 1 fully saturated rings. The van der Waals surface area contributed by atoms with Gasteiger partial charge < -0.3 is 4.90 Å². The lowest BCUT2D eigenvalue weighted by Gasteiger charge is -2.19. The van der Waals surface area contributed by atoms with Crippen molar-refractivity contribution >= 4 is 17.4 Å². The number of hydrogen-bond donors (Lipinski definition) is 0. The van der Waals surface area contributed by atoms with Crippen molar-refractivity contribution < 1.29 is 22.9 Å². The van der Waals surface area contributed by atoms with E-state index in [-0.39, 0.29) is 18.3 Å². The second-order valence-electron chi connectivity index (χ2n) is 6.28. The molecule has 6 nitrogen and oxygen atoms in total. The smallest absolute Gasteiger partial charge is 0.318 e. The molecule has 1 aliphatic heterocycles. The first-order chi connectivity index (χ1) is 12.7. The second kappa shape index (κ2) is 6.90. The van der Waals surface area contributed by atoms with Crippen LogP contribution in [0.4, 0.5) is 29.3 Å². The molecule has 2 aromatic carbocycles. The minimum absolute atomic E-state index is 0.0119. The van der Waals surface area contributed by atoms with Gasteiger partial charge in [0.2, 0.25) is 0 Å². The number of rotatable bonds is 4. The molecular formula is C18H16F3N3O3. The van der Waals surface area contributed by atoms with Crippen LogP contribution in [0.1, 0.15) is 16.7 Å². The molecular weight excluding hydrogens is 363 g/mol. The Kier molecular flexibility index (Phi) is 4.77. The van der Waals surface area contributed by atoms with Crippen LogP contribution in [0, 0.1) is 17.0 Å². The molecule has 1 saturated heterocycles. The molecule has 3 rings (SSSR count). The molecule has 0 bridgehead atoms. The van der Waals surface area contributed by atoms with Gasteiger partial charge in [-0.25, -0.2) is 4.79 Å². The van der Waals surface area contributed by atoms with Gasteiger partial charge in [-0.2, -0.15) is 13.2 Å².